The first-order chi connectivity index (χ1) is 12.9. The lowest BCUT2D eigenvalue weighted by molar-refractivity contribution is 0.204. The fourth-order valence-corrected chi connectivity index (χ4v) is 3.34. The van der Waals surface area contributed by atoms with Crippen LogP contribution in [0.1, 0.15) is 18.1 Å². The third-order valence-corrected chi connectivity index (χ3v) is 5.38. The minimum Gasteiger partial charge on any atom is -0.383 e. The van der Waals surface area contributed by atoms with Gasteiger partial charge in [0, 0.05) is 19.3 Å². The lowest BCUT2D eigenvalue weighted by atomic mass is 10.1. The highest BCUT2D eigenvalue weighted by molar-refractivity contribution is 14.0. The highest BCUT2D eigenvalue weighted by Gasteiger charge is 2.12. The van der Waals surface area contributed by atoms with Gasteiger partial charge < -0.3 is 15.8 Å². The van der Waals surface area contributed by atoms with E-state index in [9.17, 15) is 8.42 Å². The molecule has 0 aliphatic heterocycles. The lowest BCUT2D eigenvalue weighted by Crippen LogP contribution is -2.27. The number of sulfonamides is 1. The minimum atomic E-state index is -3.53. The Bertz CT molecular complexity index is 854. The number of nitrogens with zero attached hydrogens (tertiary/aromatic N) is 1. The van der Waals surface area contributed by atoms with Crippen LogP contribution in [0.3, 0.4) is 0 Å². The topological polar surface area (TPSA) is 106 Å². The summed E-state index contributed by atoms with van der Waals surface area (Å²) in [6.07, 6.45) is 0.984. The van der Waals surface area contributed by atoms with Crippen LogP contribution >= 0.6 is 24.0 Å². The molecule has 0 spiro atoms. The van der Waals surface area contributed by atoms with E-state index in [-0.39, 0.29) is 35.4 Å². The number of halogens is 1. The number of benzene rings is 2. The highest BCUT2D eigenvalue weighted by atomic mass is 127. The van der Waals surface area contributed by atoms with Crippen molar-refractivity contribution in [2.75, 3.05) is 25.6 Å². The Hall–Kier alpha value is -1.69. The summed E-state index contributed by atoms with van der Waals surface area (Å²) in [5.41, 5.74) is 8.90. The van der Waals surface area contributed by atoms with Crippen LogP contribution in [0.5, 0.6) is 0 Å². The van der Waals surface area contributed by atoms with Gasteiger partial charge in [0.1, 0.15) is 0 Å². The molecule has 0 heterocycles. The standard InChI is InChI=1S/C19H26N4O3S.HI/c1-3-15-4-8-17(9-5-15)23-19(20)21-14-16-6-10-18(11-7-16)27(24,25)22-12-13-26-2;/h4-11,22H,3,12-14H2,1-2H3,(H3,20,21,23);1H. The molecule has 0 aliphatic carbocycles. The number of rotatable bonds is 9. The summed E-state index contributed by atoms with van der Waals surface area (Å²) in [5.74, 6) is 0.303. The van der Waals surface area contributed by atoms with Gasteiger partial charge in [-0.1, -0.05) is 31.2 Å². The van der Waals surface area contributed by atoms with Gasteiger partial charge in [-0.25, -0.2) is 18.1 Å². The molecule has 0 unspecified atom stereocenters. The Morgan fingerprint density at radius 1 is 1.07 bits per heavy atom. The highest BCUT2D eigenvalue weighted by Crippen LogP contribution is 2.12. The fraction of sp³-hybridized carbons (Fsp3) is 0.316. The zero-order valence-corrected chi connectivity index (χ0v) is 19.2. The van der Waals surface area contributed by atoms with Crippen molar-refractivity contribution in [3.63, 3.8) is 0 Å². The molecule has 0 aliphatic rings. The molecule has 2 aromatic rings. The number of ether oxygens (including phenoxy) is 1. The van der Waals surface area contributed by atoms with Crippen LogP contribution in [0.4, 0.5) is 5.69 Å². The fourth-order valence-electron chi connectivity index (χ4n) is 2.32. The normalized spacial score (nSPS) is 11.7. The summed E-state index contributed by atoms with van der Waals surface area (Å²) in [5, 5.41) is 3.04. The molecule has 2 aromatic carbocycles. The Balaban J connectivity index is 0.00000392. The van der Waals surface area contributed by atoms with Crippen LogP contribution in [-0.2, 0) is 27.7 Å². The van der Waals surface area contributed by atoms with Crippen LogP contribution in [0.25, 0.3) is 0 Å². The van der Waals surface area contributed by atoms with E-state index in [4.69, 9.17) is 10.5 Å². The number of nitrogens with two attached hydrogens (primary N) is 1. The first-order valence-electron chi connectivity index (χ1n) is 8.68. The summed E-state index contributed by atoms with van der Waals surface area (Å²) < 4.78 is 31.5. The lowest BCUT2D eigenvalue weighted by Gasteiger charge is -2.08. The Morgan fingerprint density at radius 3 is 2.25 bits per heavy atom. The molecule has 154 valence electrons. The quantitative estimate of drug-likeness (QED) is 0.205. The van der Waals surface area contributed by atoms with Crippen LogP contribution < -0.4 is 15.8 Å². The average molecular weight is 518 g/mol. The monoisotopic (exact) mass is 518 g/mol. The molecule has 4 N–H and O–H groups in total. The first kappa shape index (κ1) is 24.3. The van der Waals surface area contributed by atoms with Gasteiger partial charge in [-0.2, -0.15) is 0 Å². The molecule has 28 heavy (non-hydrogen) atoms. The number of nitrogens with one attached hydrogen (secondary N) is 2. The third-order valence-electron chi connectivity index (χ3n) is 3.90. The molecule has 0 bridgehead atoms. The molecule has 0 radical (unpaired) electrons. The zero-order chi connectivity index (χ0) is 19.7. The number of hydrogen-bond donors (Lipinski definition) is 3. The summed E-state index contributed by atoms with van der Waals surface area (Å²) in [4.78, 5) is 4.49. The van der Waals surface area contributed by atoms with Crippen LogP contribution in [-0.4, -0.2) is 34.6 Å². The summed E-state index contributed by atoms with van der Waals surface area (Å²) in [7, 11) is -2.01. The number of guanidine groups is 1. The molecule has 0 aromatic heterocycles. The van der Waals surface area contributed by atoms with Gasteiger partial charge in [0.15, 0.2) is 5.96 Å². The molecule has 2 rings (SSSR count). The van der Waals surface area contributed by atoms with Gasteiger partial charge in [0.2, 0.25) is 10.0 Å². The van der Waals surface area contributed by atoms with E-state index in [2.05, 4.69) is 22.0 Å². The maximum absolute atomic E-state index is 12.1. The van der Waals surface area contributed by atoms with Gasteiger partial charge in [0.05, 0.1) is 18.0 Å². The molecule has 7 nitrogen and oxygen atoms in total. The van der Waals surface area contributed by atoms with E-state index in [1.54, 1.807) is 24.3 Å². The molecule has 0 fully saturated rings. The van der Waals surface area contributed by atoms with Crippen molar-refractivity contribution in [3.8, 4) is 0 Å². The van der Waals surface area contributed by atoms with Gasteiger partial charge >= 0.3 is 0 Å². The van der Waals surface area contributed by atoms with Gasteiger partial charge in [0.25, 0.3) is 0 Å². The van der Waals surface area contributed by atoms with E-state index in [1.807, 2.05) is 24.3 Å². The second-order valence-corrected chi connectivity index (χ2v) is 7.68. The SMILES string of the molecule is CCc1ccc(NC(N)=NCc2ccc(S(=O)(=O)NCCOC)cc2)cc1.I. The van der Waals surface area contributed by atoms with E-state index in [0.29, 0.717) is 19.1 Å². The molecule has 0 atom stereocenters. The zero-order valence-electron chi connectivity index (χ0n) is 16.0. The number of aryl methyl sites for hydroxylation is 1. The van der Waals surface area contributed by atoms with Crippen LogP contribution in [0.2, 0.25) is 0 Å². The summed E-state index contributed by atoms with van der Waals surface area (Å²) in [6, 6.07) is 14.5. The van der Waals surface area contributed by atoms with Crippen molar-refractivity contribution >= 4 is 45.6 Å². The Morgan fingerprint density at radius 2 is 1.68 bits per heavy atom. The third kappa shape index (κ3) is 7.74. The number of anilines is 1. The van der Waals surface area contributed by atoms with E-state index in [0.717, 1.165) is 17.7 Å². The van der Waals surface area contributed by atoms with Crippen molar-refractivity contribution < 1.29 is 13.2 Å². The predicted octanol–water partition coefficient (Wildman–Crippen LogP) is 2.72. The smallest absolute Gasteiger partial charge is 0.240 e. The maximum Gasteiger partial charge on any atom is 0.240 e. The number of methoxy groups -OCH3 is 1. The second-order valence-electron chi connectivity index (χ2n) is 5.91. The molecular weight excluding hydrogens is 491 g/mol. The van der Waals surface area contributed by atoms with Crippen molar-refractivity contribution in [1.29, 1.82) is 0 Å². The summed E-state index contributed by atoms with van der Waals surface area (Å²) >= 11 is 0. The van der Waals surface area contributed by atoms with E-state index in [1.165, 1.54) is 12.7 Å². The number of aliphatic imine (C=N–C) groups is 1. The van der Waals surface area contributed by atoms with Crippen LogP contribution in [0, 0.1) is 0 Å². The maximum atomic E-state index is 12.1. The van der Waals surface area contributed by atoms with Gasteiger partial charge in [-0.05, 0) is 41.8 Å². The molecule has 9 heteroatoms. The van der Waals surface area contributed by atoms with Gasteiger partial charge in [-0.15, -0.1) is 24.0 Å². The molecule has 0 saturated carbocycles. The minimum absolute atomic E-state index is 0. The largest absolute Gasteiger partial charge is 0.383 e. The van der Waals surface area contributed by atoms with E-state index < -0.39 is 10.0 Å². The van der Waals surface area contributed by atoms with Crippen molar-refractivity contribution in [1.82, 2.24) is 4.72 Å². The average Bonchev–Trinajstić information content (AvgIpc) is 2.67. The Labute approximate surface area is 183 Å². The van der Waals surface area contributed by atoms with Gasteiger partial charge in [-0.3, -0.25) is 0 Å². The molecule has 0 amide bonds. The van der Waals surface area contributed by atoms with Crippen LogP contribution in [0.15, 0.2) is 58.4 Å². The van der Waals surface area contributed by atoms with Crippen molar-refractivity contribution in [2.24, 2.45) is 10.7 Å². The van der Waals surface area contributed by atoms with Crippen molar-refractivity contribution in [2.45, 2.75) is 24.8 Å². The molecule has 0 saturated heterocycles. The van der Waals surface area contributed by atoms with Crippen molar-refractivity contribution in [3.05, 3.63) is 59.7 Å². The number of hydrogen-bond acceptors (Lipinski definition) is 4. The van der Waals surface area contributed by atoms with E-state index >= 15 is 0 Å². The predicted molar refractivity (Wildman–Crippen MR) is 124 cm³/mol. The first-order valence-corrected chi connectivity index (χ1v) is 10.2. The Kier molecular flexibility index (Phi) is 10.4. The summed E-state index contributed by atoms with van der Waals surface area (Å²) in [6.45, 7) is 3.00. The molecular formula is C19H27IN4O3S. The second kappa shape index (κ2) is 12.0.